The molecule has 1 unspecified atom stereocenters. The largest absolute Gasteiger partial charge is 0.356 e. The monoisotopic (exact) mass is 590 g/mol. The number of nitrogens with zero attached hydrogens (tertiary/aromatic N) is 3. The van der Waals surface area contributed by atoms with E-state index in [1.807, 2.05) is 57.5 Å². The lowest BCUT2D eigenvalue weighted by Gasteiger charge is -2.32. The van der Waals surface area contributed by atoms with Crippen molar-refractivity contribution < 1.29 is 18.3 Å². The minimum absolute atomic E-state index is 0.157. The fourth-order valence-electron chi connectivity index (χ4n) is 4.94. The van der Waals surface area contributed by atoms with Gasteiger partial charge in [-0.1, -0.05) is 13.0 Å². The van der Waals surface area contributed by atoms with E-state index in [0.29, 0.717) is 23.7 Å². The second-order valence-electron chi connectivity index (χ2n) is 11.5. The first kappa shape index (κ1) is 30.6. The minimum atomic E-state index is -3.74. The van der Waals surface area contributed by atoms with Gasteiger partial charge in [0.1, 0.15) is 5.82 Å². The van der Waals surface area contributed by atoms with Crippen LogP contribution in [0, 0.1) is 0 Å². The Balaban J connectivity index is 1.52. The number of aliphatic hydroxyl groups excluding tert-OH is 1. The average molecular weight is 591 g/mol. The number of thiazole rings is 1. The van der Waals surface area contributed by atoms with Crippen molar-refractivity contribution in [2.75, 3.05) is 11.9 Å². The second kappa shape index (κ2) is 12.7. The molecular formula is C28H42N6O4S2. The Labute approximate surface area is 241 Å². The summed E-state index contributed by atoms with van der Waals surface area (Å²) in [7, 11) is -3.74. The Morgan fingerprint density at radius 2 is 1.90 bits per heavy atom. The molecule has 0 aliphatic heterocycles. The predicted octanol–water partition coefficient (Wildman–Crippen LogP) is 5.34. The van der Waals surface area contributed by atoms with Crippen molar-refractivity contribution in [2.24, 2.45) is 0 Å². The molecule has 12 heteroatoms. The molecule has 1 fully saturated rings. The van der Waals surface area contributed by atoms with Crippen molar-refractivity contribution in [3.8, 4) is 10.4 Å². The quantitative estimate of drug-likeness (QED) is 0.220. The topological polar surface area (TPSA) is 130 Å². The molecule has 2 aromatic heterocycles. The number of hydrogen-bond donors (Lipinski definition) is 4. The summed E-state index contributed by atoms with van der Waals surface area (Å²) in [4.78, 5) is 5.75. The summed E-state index contributed by atoms with van der Waals surface area (Å²) < 4.78 is 36.6. The van der Waals surface area contributed by atoms with Crippen LogP contribution in [0.4, 0.5) is 11.5 Å². The first-order valence-corrected chi connectivity index (χ1v) is 16.2. The number of rotatable bonds is 11. The molecule has 3 aromatic rings. The smallest absolute Gasteiger partial charge is 0.241 e. The number of aromatic nitrogens is 3. The van der Waals surface area contributed by atoms with E-state index in [4.69, 9.17) is 9.72 Å². The highest BCUT2D eigenvalue weighted by Crippen LogP contribution is 2.40. The molecule has 220 valence electrons. The van der Waals surface area contributed by atoms with Crippen molar-refractivity contribution in [2.45, 2.75) is 102 Å². The summed E-state index contributed by atoms with van der Waals surface area (Å²) >= 11 is 1.55. The lowest BCUT2D eigenvalue weighted by molar-refractivity contribution is -0.186. The number of nitrogens with one attached hydrogen (secondary N) is 3. The zero-order valence-electron chi connectivity index (χ0n) is 24.1. The standard InChI is InChI=1S/C28H42N6O4S2/c1-7-31-40(36,37)24-16-21(32-25-14-15-30-34(25)18(2)3)12-13-22(24)23-17-29-26(39-23)19-8-10-20(11-9-19)33-27(35)38-28(4,5)6/h12-20,27,31-33,35H,7-11H2,1-6H3. The van der Waals surface area contributed by atoms with E-state index in [1.165, 1.54) is 0 Å². The fraction of sp³-hybridized carbons (Fsp3) is 0.571. The fourth-order valence-corrected chi connectivity index (χ4v) is 7.42. The summed E-state index contributed by atoms with van der Waals surface area (Å²) in [5.41, 5.74) is 0.867. The van der Waals surface area contributed by atoms with Crippen LogP contribution in [0.15, 0.2) is 41.6 Å². The summed E-state index contributed by atoms with van der Waals surface area (Å²) in [6.07, 6.45) is 6.18. The van der Waals surface area contributed by atoms with E-state index in [1.54, 1.807) is 36.7 Å². The van der Waals surface area contributed by atoms with Gasteiger partial charge in [0.25, 0.3) is 0 Å². The summed E-state index contributed by atoms with van der Waals surface area (Å²) in [6.45, 7) is 11.9. The molecule has 0 amide bonds. The maximum absolute atomic E-state index is 13.3. The molecule has 0 spiro atoms. The third-order valence-corrected chi connectivity index (χ3v) is 9.52. The first-order valence-electron chi connectivity index (χ1n) is 13.9. The number of ether oxygens (including phenoxy) is 1. The van der Waals surface area contributed by atoms with Gasteiger partial charge in [0, 0.05) is 48.1 Å². The van der Waals surface area contributed by atoms with E-state index in [0.717, 1.165) is 41.4 Å². The van der Waals surface area contributed by atoms with Crippen LogP contribution in [0.1, 0.15) is 84.2 Å². The summed E-state index contributed by atoms with van der Waals surface area (Å²) in [5, 5.41) is 22.1. The van der Waals surface area contributed by atoms with E-state index in [2.05, 4.69) is 20.5 Å². The Morgan fingerprint density at radius 1 is 1.18 bits per heavy atom. The zero-order valence-corrected chi connectivity index (χ0v) is 25.8. The van der Waals surface area contributed by atoms with Gasteiger partial charge in [0.2, 0.25) is 16.4 Å². The van der Waals surface area contributed by atoms with Gasteiger partial charge >= 0.3 is 0 Å². The van der Waals surface area contributed by atoms with Crippen LogP contribution < -0.4 is 15.4 Å². The molecule has 0 bridgehead atoms. The van der Waals surface area contributed by atoms with E-state index in [9.17, 15) is 13.5 Å². The molecule has 0 saturated heterocycles. The van der Waals surface area contributed by atoms with Gasteiger partial charge in [-0.15, -0.1) is 11.3 Å². The maximum atomic E-state index is 13.3. The lowest BCUT2D eigenvalue weighted by atomic mass is 9.86. The Kier molecular flexibility index (Phi) is 9.69. The highest BCUT2D eigenvalue weighted by molar-refractivity contribution is 7.89. The number of benzene rings is 1. The van der Waals surface area contributed by atoms with Gasteiger partial charge in [-0.05, 0) is 72.4 Å². The second-order valence-corrected chi connectivity index (χ2v) is 14.3. The van der Waals surface area contributed by atoms with Crippen LogP contribution in [0.25, 0.3) is 10.4 Å². The average Bonchev–Trinajstić information content (AvgIpc) is 3.53. The zero-order chi connectivity index (χ0) is 29.1. The number of aliphatic hydroxyl groups is 1. The van der Waals surface area contributed by atoms with Crippen molar-refractivity contribution >= 4 is 32.9 Å². The normalized spacial score (nSPS) is 19.2. The highest BCUT2D eigenvalue weighted by atomic mass is 32.2. The van der Waals surface area contributed by atoms with Crippen molar-refractivity contribution in [1.29, 1.82) is 0 Å². The van der Waals surface area contributed by atoms with E-state index in [-0.39, 0.29) is 17.0 Å². The molecule has 1 aromatic carbocycles. The highest BCUT2D eigenvalue weighted by Gasteiger charge is 2.28. The number of sulfonamides is 1. The molecule has 4 N–H and O–H groups in total. The van der Waals surface area contributed by atoms with Crippen molar-refractivity contribution in [1.82, 2.24) is 24.8 Å². The Morgan fingerprint density at radius 3 is 2.55 bits per heavy atom. The van der Waals surface area contributed by atoms with Crippen LogP contribution in [0.5, 0.6) is 0 Å². The minimum Gasteiger partial charge on any atom is -0.356 e. The molecule has 2 heterocycles. The van der Waals surface area contributed by atoms with Gasteiger partial charge in [0.05, 0.1) is 26.6 Å². The van der Waals surface area contributed by atoms with Gasteiger partial charge in [-0.2, -0.15) is 5.10 Å². The number of hydrogen-bond acceptors (Lipinski definition) is 9. The molecule has 1 aliphatic carbocycles. The molecule has 0 radical (unpaired) electrons. The van der Waals surface area contributed by atoms with Crippen LogP contribution in [0.2, 0.25) is 0 Å². The van der Waals surface area contributed by atoms with E-state index < -0.39 is 22.0 Å². The lowest BCUT2D eigenvalue weighted by Crippen LogP contribution is -2.44. The summed E-state index contributed by atoms with van der Waals surface area (Å²) in [5.74, 6) is 1.08. The van der Waals surface area contributed by atoms with E-state index >= 15 is 0 Å². The maximum Gasteiger partial charge on any atom is 0.241 e. The van der Waals surface area contributed by atoms with Gasteiger partial charge < -0.3 is 15.2 Å². The van der Waals surface area contributed by atoms with Crippen LogP contribution in [0.3, 0.4) is 0 Å². The van der Waals surface area contributed by atoms with Crippen LogP contribution >= 0.6 is 11.3 Å². The molecule has 40 heavy (non-hydrogen) atoms. The Hall–Kier alpha value is -2.35. The molecule has 1 aliphatic rings. The summed E-state index contributed by atoms with van der Waals surface area (Å²) in [6, 6.07) is 7.61. The molecule has 4 rings (SSSR count). The molecule has 10 nitrogen and oxygen atoms in total. The molecule has 1 atom stereocenters. The van der Waals surface area contributed by atoms with Crippen LogP contribution in [-0.2, 0) is 14.8 Å². The first-order chi connectivity index (χ1) is 18.9. The van der Waals surface area contributed by atoms with Gasteiger partial charge in [0.15, 0.2) is 0 Å². The van der Waals surface area contributed by atoms with Crippen molar-refractivity contribution in [3.63, 3.8) is 0 Å². The molecule has 1 saturated carbocycles. The van der Waals surface area contributed by atoms with Gasteiger partial charge in [-0.3, -0.25) is 5.32 Å². The van der Waals surface area contributed by atoms with Crippen molar-refractivity contribution in [3.05, 3.63) is 41.7 Å². The van der Waals surface area contributed by atoms with Gasteiger partial charge in [-0.25, -0.2) is 22.8 Å². The van der Waals surface area contributed by atoms with Crippen LogP contribution in [-0.4, -0.2) is 52.9 Å². The number of anilines is 2. The third-order valence-electron chi connectivity index (χ3n) is 6.75. The third kappa shape index (κ3) is 7.68. The Bertz CT molecular complexity index is 1370. The SMILES string of the molecule is CCNS(=O)(=O)c1cc(Nc2ccnn2C(C)C)ccc1-c1cnc(C2CCC(NC(O)OC(C)(C)C)CC2)s1. The predicted molar refractivity (Wildman–Crippen MR) is 159 cm³/mol. The molecular weight excluding hydrogens is 548 g/mol.